The summed E-state index contributed by atoms with van der Waals surface area (Å²) in [6.07, 6.45) is 1.58. The lowest BCUT2D eigenvalue weighted by molar-refractivity contribution is 0.0601. The maximum atomic E-state index is 12.3. The molecule has 110 valence electrons. The van der Waals surface area contributed by atoms with Crippen LogP contribution in [0.5, 0.6) is 0 Å². The summed E-state index contributed by atoms with van der Waals surface area (Å²) in [6.45, 7) is 3.72. The average molecular weight is 369 g/mol. The minimum atomic E-state index is -0.461. The Bertz CT molecular complexity index is 712. The van der Waals surface area contributed by atoms with Crippen LogP contribution in [-0.4, -0.2) is 24.0 Å². The summed E-state index contributed by atoms with van der Waals surface area (Å²) in [7, 11) is 1.32. The molecule has 2 rings (SSSR count). The van der Waals surface area contributed by atoms with Gasteiger partial charge in [-0.2, -0.15) is 0 Å². The predicted molar refractivity (Wildman–Crippen MR) is 85.0 cm³/mol. The summed E-state index contributed by atoms with van der Waals surface area (Å²) < 4.78 is 5.23. The Morgan fingerprint density at radius 1 is 1.38 bits per heavy atom. The van der Waals surface area contributed by atoms with Gasteiger partial charge < -0.3 is 10.1 Å². The van der Waals surface area contributed by atoms with Gasteiger partial charge in [-0.15, -0.1) is 11.3 Å². The molecule has 0 fully saturated rings. The van der Waals surface area contributed by atoms with Crippen LogP contribution >= 0.6 is 27.3 Å². The van der Waals surface area contributed by atoms with Crippen LogP contribution in [0.25, 0.3) is 0 Å². The van der Waals surface area contributed by atoms with Crippen molar-refractivity contribution in [2.45, 2.75) is 13.8 Å². The Kier molecular flexibility index (Phi) is 4.74. The molecule has 0 radical (unpaired) electrons. The summed E-state index contributed by atoms with van der Waals surface area (Å²) in [5, 5.41) is 3.24. The number of thiophene rings is 1. The first-order valence-electron chi connectivity index (χ1n) is 6.05. The summed E-state index contributed by atoms with van der Waals surface area (Å²) in [4.78, 5) is 29.1. The van der Waals surface area contributed by atoms with Crippen molar-refractivity contribution < 1.29 is 14.3 Å². The van der Waals surface area contributed by atoms with Gasteiger partial charge in [0.15, 0.2) is 0 Å². The fourth-order valence-electron chi connectivity index (χ4n) is 1.79. The van der Waals surface area contributed by atoms with Crippen molar-refractivity contribution in [2.75, 3.05) is 12.4 Å². The number of hydrogen-bond donors (Lipinski definition) is 1. The van der Waals surface area contributed by atoms with Gasteiger partial charge in [0.1, 0.15) is 9.60 Å². The average Bonchev–Trinajstić information content (AvgIpc) is 2.73. The van der Waals surface area contributed by atoms with E-state index < -0.39 is 5.97 Å². The first kappa shape index (κ1) is 15.7. The number of aryl methyl sites for hydroxylation is 1. The first-order chi connectivity index (χ1) is 9.95. The van der Waals surface area contributed by atoms with Crippen molar-refractivity contribution in [3.05, 3.63) is 44.5 Å². The number of carbonyl (C=O) groups excluding carboxylic acids is 2. The van der Waals surface area contributed by atoms with Gasteiger partial charge in [0.05, 0.1) is 18.2 Å². The molecule has 21 heavy (non-hydrogen) atoms. The smallest absolute Gasteiger partial charge is 0.341 e. The Hall–Kier alpha value is -1.73. The Labute approximate surface area is 134 Å². The molecule has 2 aromatic rings. The SMILES string of the molecule is COC(=O)c1c(NC(=O)c2cccnc2Br)sc(C)c1C. The minimum Gasteiger partial charge on any atom is -0.465 e. The third-order valence-electron chi connectivity index (χ3n) is 3.01. The Morgan fingerprint density at radius 2 is 2.10 bits per heavy atom. The fourth-order valence-corrected chi connectivity index (χ4v) is 3.26. The second-order valence-corrected chi connectivity index (χ2v) is 6.25. The molecule has 0 aromatic carbocycles. The maximum Gasteiger partial charge on any atom is 0.341 e. The molecule has 0 saturated carbocycles. The minimum absolute atomic E-state index is 0.332. The molecular formula is C14H13BrN2O3S. The van der Waals surface area contributed by atoms with E-state index in [1.807, 2.05) is 13.8 Å². The third kappa shape index (κ3) is 3.14. The number of aromatic nitrogens is 1. The highest BCUT2D eigenvalue weighted by Gasteiger charge is 2.22. The zero-order valence-electron chi connectivity index (χ0n) is 11.7. The molecule has 5 nitrogen and oxygen atoms in total. The number of nitrogens with one attached hydrogen (secondary N) is 1. The molecule has 0 aliphatic carbocycles. The van der Waals surface area contributed by atoms with Gasteiger partial charge in [0, 0.05) is 11.1 Å². The van der Waals surface area contributed by atoms with Crippen LogP contribution < -0.4 is 5.32 Å². The monoisotopic (exact) mass is 368 g/mol. The summed E-state index contributed by atoms with van der Waals surface area (Å²) >= 11 is 4.58. The standard InChI is InChI=1S/C14H13BrN2O3S/c1-7-8(2)21-13(10(7)14(19)20-3)17-12(18)9-5-4-6-16-11(9)15/h4-6H,1-3H3,(H,17,18). The third-order valence-corrected chi connectivity index (χ3v) is 4.76. The number of carbonyl (C=O) groups is 2. The highest BCUT2D eigenvalue weighted by Crippen LogP contribution is 2.33. The van der Waals surface area contributed by atoms with Crippen LogP contribution in [-0.2, 0) is 4.74 Å². The molecule has 0 aliphatic rings. The molecule has 0 unspecified atom stereocenters. The highest BCUT2D eigenvalue weighted by molar-refractivity contribution is 9.10. The van der Waals surface area contributed by atoms with Crippen molar-refractivity contribution in [2.24, 2.45) is 0 Å². The molecule has 0 bridgehead atoms. The number of anilines is 1. The van der Waals surface area contributed by atoms with Gasteiger partial charge in [0.25, 0.3) is 5.91 Å². The van der Waals surface area contributed by atoms with E-state index in [1.165, 1.54) is 18.4 Å². The van der Waals surface area contributed by atoms with E-state index in [1.54, 1.807) is 18.3 Å². The maximum absolute atomic E-state index is 12.3. The second kappa shape index (κ2) is 6.36. The molecule has 0 saturated heterocycles. The molecule has 0 spiro atoms. The number of methoxy groups -OCH3 is 1. The van der Waals surface area contributed by atoms with Gasteiger partial charge in [-0.1, -0.05) is 0 Å². The molecule has 1 N–H and O–H groups in total. The Balaban J connectivity index is 2.36. The van der Waals surface area contributed by atoms with Crippen LogP contribution in [0, 0.1) is 13.8 Å². The van der Waals surface area contributed by atoms with Gasteiger partial charge in [0.2, 0.25) is 0 Å². The first-order valence-corrected chi connectivity index (χ1v) is 7.66. The van der Waals surface area contributed by atoms with Crippen LogP contribution in [0.3, 0.4) is 0 Å². The molecule has 0 aliphatic heterocycles. The van der Waals surface area contributed by atoms with Crippen LogP contribution in [0.2, 0.25) is 0 Å². The topological polar surface area (TPSA) is 68.3 Å². The number of hydrogen-bond acceptors (Lipinski definition) is 5. The fraction of sp³-hybridized carbons (Fsp3) is 0.214. The Morgan fingerprint density at radius 3 is 2.71 bits per heavy atom. The van der Waals surface area contributed by atoms with E-state index in [0.29, 0.717) is 20.7 Å². The van der Waals surface area contributed by atoms with Crippen molar-refractivity contribution in [3.8, 4) is 0 Å². The molecule has 0 atom stereocenters. The van der Waals surface area contributed by atoms with E-state index in [2.05, 4.69) is 26.2 Å². The van der Waals surface area contributed by atoms with Crippen LogP contribution in [0.15, 0.2) is 22.9 Å². The highest BCUT2D eigenvalue weighted by atomic mass is 79.9. The molecule has 7 heteroatoms. The van der Waals surface area contributed by atoms with E-state index in [0.717, 1.165) is 10.4 Å². The lowest BCUT2D eigenvalue weighted by atomic mass is 10.1. The number of nitrogens with zero attached hydrogens (tertiary/aromatic N) is 1. The number of halogens is 1. The van der Waals surface area contributed by atoms with Crippen LogP contribution in [0.4, 0.5) is 5.00 Å². The second-order valence-electron chi connectivity index (χ2n) is 4.27. The van der Waals surface area contributed by atoms with Crippen LogP contribution in [0.1, 0.15) is 31.2 Å². The zero-order valence-corrected chi connectivity index (χ0v) is 14.1. The molecule has 2 aromatic heterocycles. The number of rotatable bonds is 3. The number of pyridine rings is 1. The van der Waals surface area contributed by atoms with E-state index in [9.17, 15) is 9.59 Å². The van der Waals surface area contributed by atoms with Gasteiger partial charge in [-0.05, 0) is 47.5 Å². The lowest BCUT2D eigenvalue weighted by Crippen LogP contribution is -2.15. The number of ether oxygens (including phenoxy) is 1. The van der Waals surface area contributed by atoms with Gasteiger partial charge >= 0.3 is 5.97 Å². The van der Waals surface area contributed by atoms with Crippen molar-refractivity contribution in [3.63, 3.8) is 0 Å². The zero-order chi connectivity index (χ0) is 15.6. The van der Waals surface area contributed by atoms with Crippen molar-refractivity contribution in [1.82, 2.24) is 4.98 Å². The quantitative estimate of drug-likeness (QED) is 0.664. The van der Waals surface area contributed by atoms with Gasteiger partial charge in [-0.3, -0.25) is 4.79 Å². The van der Waals surface area contributed by atoms with Gasteiger partial charge in [-0.25, -0.2) is 9.78 Å². The lowest BCUT2D eigenvalue weighted by Gasteiger charge is -2.07. The number of esters is 1. The largest absolute Gasteiger partial charge is 0.465 e. The van der Waals surface area contributed by atoms with Crippen molar-refractivity contribution in [1.29, 1.82) is 0 Å². The predicted octanol–water partition coefficient (Wildman–Crippen LogP) is 3.56. The molecule has 2 heterocycles. The summed E-state index contributed by atoms with van der Waals surface area (Å²) in [5.41, 5.74) is 1.61. The van der Waals surface area contributed by atoms with E-state index >= 15 is 0 Å². The van der Waals surface area contributed by atoms with E-state index in [4.69, 9.17) is 4.74 Å². The molecular weight excluding hydrogens is 356 g/mol. The number of amides is 1. The summed E-state index contributed by atoms with van der Waals surface area (Å²) in [6, 6.07) is 3.32. The molecule has 1 amide bonds. The van der Waals surface area contributed by atoms with E-state index in [-0.39, 0.29) is 5.91 Å². The normalized spacial score (nSPS) is 10.3. The summed E-state index contributed by atoms with van der Waals surface area (Å²) in [5.74, 6) is -0.793. The van der Waals surface area contributed by atoms with Crippen molar-refractivity contribution >= 4 is 44.1 Å².